The Kier molecular flexibility index (Phi) is 3.83. The van der Waals surface area contributed by atoms with E-state index in [0.29, 0.717) is 30.9 Å². The summed E-state index contributed by atoms with van der Waals surface area (Å²) in [6.07, 6.45) is 4.18. The van der Waals surface area contributed by atoms with Crippen LogP contribution in [0.15, 0.2) is 24.4 Å². The van der Waals surface area contributed by atoms with Crippen LogP contribution in [-0.4, -0.2) is 52.1 Å². The van der Waals surface area contributed by atoms with E-state index in [2.05, 4.69) is 15.5 Å². The molecule has 1 N–H and O–H groups in total. The van der Waals surface area contributed by atoms with Crippen LogP contribution in [0.4, 0.5) is 0 Å². The number of sulfonamides is 1. The number of pyridine rings is 1. The highest BCUT2D eigenvalue weighted by Crippen LogP contribution is 2.20. The molecule has 1 saturated heterocycles. The molecule has 1 aliphatic heterocycles. The molecule has 0 bridgehead atoms. The number of aromatic nitrogens is 3. The summed E-state index contributed by atoms with van der Waals surface area (Å²) in [5, 5.41) is 10.8. The van der Waals surface area contributed by atoms with Crippen molar-refractivity contribution >= 4 is 21.6 Å². The summed E-state index contributed by atoms with van der Waals surface area (Å²) in [5.41, 5.74) is 0.699. The Bertz CT molecular complexity index is 801. The lowest BCUT2D eigenvalue weighted by Crippen LogP contribution is -2.45. The van der Waals surface area contributed by atoms with Crippen LogP contribution in [0.25, 0.3) is 5.65 Å². The first kappa shape index (κ1) is 14.9. The summed E-state index contributed by atoms with van der Waals surface area (Å²) in [6, 6.07) is 4.90. The van der Waals surface area contributed by atoms with E-state index in [-0.39, 0.29) is 12.5 Å². The molecular formula is C13H17N5O3S. The number of amides is 1. The van der Waals surface area contributed by atoms with Gasteiger partial charge in [-0.05, 0) is 25.0 Å². The minimum atomic E-state index is -3.36. The lowest BCUT2D eigenvalue weighted by atomic mass is 10.2. The van der Waals surface area contributed by atoms with Crippen molar-refractivity contribution in [1.29, 1.82) is 0 Å². The SMILES string of the molecule is CS(=O)(=O)N1CCCC1C(=O)NCc1nnc2ccccn12. The second-order valence-electron chi connectivity index (χ2n) is 5.29. The van der Waals surface area contributed by atoms with Gasteiger partial charge in [0.05, 0.1) is 12.8 Å². The van der Waals surface area contributed by atoms with Crippen LogP contribution in [0.3, 0.4) is 0 Å². The predicted molar refractivity (Wildman–Crippen MR) is 79.4 cm³/mol. The van der Waals surface area contributed by atoms with Crippen LogP contribution in [0.5, 0.6) is 0 Å². The molecule has 3 rings (SSSR count). The molecule has 0 aromatic carbocycles. The number of fused-ring (bicyclic) bond motifs is 1. The molecule has 118 valence electrons. The van der Waals surface area contributed by atoms with Crippen LogP contribution in [0.1, 0.15) is 18.7 Å². The molecule has 2 aromatic rings. The van der Waals surface area contributed by atoms with Crippen molar-refractivity contribution in [3.8, 4) is 0 Å². The Balaban J connectivity index is 1.70. The van der Waals surface area contributed by atoms with Gasteiger partial charge in [-0.2, -0.15) is 4.31 Å². The molecule has 0 radical (unpaired) electrons. The van der Waals surface area contributed by atoms with Gasteiger partial charge in [0.1, 0.15) is 6.04 Å². The van der Waals surface area contributed by atoms with E-state index in [9.17, 15) is 13.2 Å². The van der Waals surface area contributed by atoms with Gasteiger partial charge >= 0.3 is 0 Å². The second-order valence-corrected chi connectivity index (χ2v) is 7.23. The Hall–Kier alpha value is -2.00. The molecule has 1 aliphatic rings. The summed E-state index contributed by atoms with van der Waals surface area (Å²) in [5.74, 6) is 0.309. The van der Waals surface area contributed by atoms with Crippen molar-refractivity contribution in [1.82, 2.24) is 24.2 Å². The van der Waals surface area contributed by atoms with Crippen LogP contribution in [0, 0.1) is 0 Å². The number of hydrogen-bond acceptors (Lipinski definition) is 5. The molecule has 8 nitrogen and oxygen atoms in total. The van der Waals surface area contributed by atoms with Gasteiger partial charge in [-0.3, -0.25) is 9.20 Å². The van der Waals surface area contributed by atoms with Crippen molar-refractivity contribution in [2.75, 3.05) is 12.8 Å². The maximum Gasteiger partial charge on any atom is 0.238 e. The highest BCUT2D eigenvalue weighted by molar-refractivity contribution is 7.88. The maximum absolute atomic E-state index is 12.3. The van der Waals surface area contributed by atoms with E-state index < -0.39 is 16.1 Å². The molecule has 0 aliphatic carbocycles. The fraction of sp³-hybridized carbons (Fsp3) is 0.462. The van der Waals surface area contributed by atoms with E-state index in [1.807, 2.05) is 24.4 Å². The van der Waals surface area contributed by atoms with E-state index in [1.165, 1.54) is 4.31 Å². The quantitative estimate of drug-likeness (QED) is 0.838. The summed E-state index contributed by atoms with van der Waals surface area (Å²) in [4.78, 5) is 12.3. The minimum absolute atomic E-state index is 0.206. The highest BCUT2D eigenvalue weighted by Gasteiger charge is 2.36. The monoisotopic (exact) mass is 323 g/mol. The van der Waals surface area contributed by atoms with E-state index in [4.69, 9.17) is 0 Å². The number of carbonyl (C=O) groups is 1. The predicted octanol–water partition coefficient (Wildman–Crippen LogP) is -0.230. The zero-order chi connectivity index (χ0) is 15.7. The Morgan fingerprint density at radius 1 is 1.41 bits per heavy atom. The molecule has 0 spiro atoms. The van der Waals surface area contributed by atoms with E-state index in [1.54, 1.807) is 4.40 Å². The molecular weight excluding hydrogens is 306 g/mol. The average molecular weight is 323 g/mol. The van der Waals surface area contributed by atoms with Gasteiger partial charge in [0.25, 0.3) is 0 Å². The third kappa shape index (κ3) is 2.81. The summed E-state index contributed by atoms with van der Waals surface area (Å²) < 4.78 is 26.4. The van der Waals surface area contributed by atoms with Crippen LogP contribution >= 0.6 is 0 Å². The fourth-order valence-electron chi connectivity index (χ4n) is 2.69. The van der Waals surface area contributed by atoms with Crippen molar-refractivity contribution in [3.63, 3.8) is 0 Å². The largest absolute Gasteiger partial charge is 0.347 e. The molecule has 22 heavy (non-hydrogen) atoms. The van der Waals surface area contributed by atoms with Crippen molar-refractivity contribution in [3.05, 3.63) is 30.2 Å². The fourth-order valence-corrected chi connectivity index (χ4v) is 3.82. The van der Waals surface area contributed by atoms with Gasteiger partial charge in [0, 0.05) is 12.7 Å². The third-order valence-electron chi connectivity index (χ3n) is 3.74. The molecule has 1 fully saturated rings. The standard InChI is InChI=1S/C13H17N5O3S/c1-22(20,21)18-8-4-5-10(18)13(19)14-9-12-16-15-11-6-2-3-7-17(11)12/h2-3,6-7,10H,4-5,8-9H2,1H3,(H,14,19). The zero-order valence-electron chi connectivity index (χ0n) is 12.1. The Morgan fingerprint density at radius 3 is 3.00 bits per heavy atom. The third-order valence-corrected chi connectivity index (χ3v) is 5.03. The van der Waals surface area contributed by atoms with Crippen LogP contribution < -0.4 is 5.32 Å². The first-order valence-corrected chi connectivity index (χ1v) is 8.85. The number of nitrogens with one attached hydrogen (secondary N) is 1. The normalized spacial score (nSPS) is 19.6. The van der Waals surface area contributed by atoms with Gasteiger partial charge in [0.15, 0.2) is 11.5 Å². The van der Waals surface area contributed by atoms with Crippen molar-refractivity contribution < 1.29 is 13.2 Å². The molecule has 2 aromatic heterocycles. The maximum atomic E-state index is 12.3. The molecule has 1 amide bonds. The summed E-state index contributed by atoms with van der Waals surface area (Å²) >= 11 is 0. The molecule has 1 unspecified atom stereocenters. The number of hydrogen-bond donors (Lipinski definition) is 1. The Morgan fingerprint density at radius 2 is 2.23 bits per heavy atom. The summed E-state index contributed by atoms with van der Waals surface area (Å²) in [6.45, 7) is 0.600. The lowest BCUT2D eigenvalue weighted by Gasteiger charge is -2.21. The molecule has 9 heteroatoms. The van der Waals surface area contributed by atoms with Crippen LogP contribution in [-0.2, 0) is 21.4 Å². The van der Waals surface area contributed by atoms with Gasteiger partial charge < -0.3 is 5.32 Å². The average Bonchev–Trinajstić information content (AvgIpc) is 3.11. The highest BCUT2D eigenvalue weighted by atomic mass is 32.2. The smallest absolute Gasteiger partial charge is 0.238 e. The second kappa shape index (κ2) is 5.65. The van der Waals surface area contributed by atoms with Gasteiger partial charge in [0.2, 0.25) is 15.9 Å². The van der Waals surface area contributed by atoms with E-state index in [0.717, 1.165) is 6.26 Å². The van der Waals surface area contributed by atoms with Crippen molar-refractivity contribution in [2.45, 2.75) is 25.4 Å². The first-order valence-electron chi connectivity index (χ1n) is 7.00. The lowest BCUT2D eigenvalue weighted by molar-refractivity contribution is -0.124. The van der Waals surface area contributed by atoms with Gasteiger partial charge in [-0.25, -0.2) is 8.42 Å². The topological polar surface area (TPSA) is 96.7 Å². The van der Waals surface area contributed by atoms with Crippen LogP contribution in [0.2, 0.25) is 0 Å². The van der Waals surface area contributed by atoms with E-state index >= 15 is 0 Å². The number of rotatable bonds is 4. The number of nitrogens with zero attached hydrogens (tertiary/aromatic N) is 4. The molecule has 1 atom stereocenters. The zero-order valence-corrected chi connectivity index (χ0v) is 13.0. The van der Waals surface area contributed by atoms with Gasteiger partial charge in [-0.1, -0.05) is 6.07 Å². The van der Waals surface area contributed by atoms with Gasteiger partial charge in [-0.15, -0.1) is 10.2 Å². The minimum Gasteiger partial charge on any atom is -0.347 e. The first-order chi connectivity index (χ1) is 10.5. The molecule has 0 saturated carbocycles. The molecule has 3 heterocycles. The summed E-state index contributed by atoms with van der Waals surface area (Å²) in [7, 11) is -3.36. The number of carbonyl (C=O) groups excluding carboxylic acids is 1. The Labute approximate surface area is 128 Å². The van der Waals surface area contributed by atoms with Crippen molar-refractivity contribution in [2.24, 2.45) is 0 Å².